The van der Waals surface area contributed by atoms with Crippen LogP contribution < -0.4 is 10.1 Å². The normalized spacial score (nSPS) is 20.7. The van der Waals surface area contributed by atoms with Crippen LogP contribution in [-0.4, -0.2) is 13.2 Å². The number of hydrogen-bond acceptors (Lipinski definition) is 2. The van der Waals surface area contributed by atoms with E-state index in [1.54, 1.807) is 13.2 Å². The first-order valence-corrected chi connectivity index (χ1v) is 7.01. The molecule has 0 atom stereocenters. The first kappa shape index (κ1) is 13.9. The van der Waals surface area contributed by atoms with Gasteiger partial charge in [-0.05, 0) is 48.6 Å². The van der Waals surface area contributed by atoms with E-state index in [-0.39, 0.29) is 0 Å². The van der Waals surface area contributed by atoms with Crippen molar-refractivity contribution in [3.05, 3.63) is 59.7 Å². The van der Waals surface area contributed by atoms with Gasteiger partial charge < -0.3 is 10.1 Å². The monoisotopic (exact) mass is 289 g/mol. The van der Waals surface area contributed by atoms with Gasteiger partial charge in [-0.1, -0.05) is 12.1 Å². The zero-order valence-corrected chi connectivity index (χ0v) is 11.8. The van der Waals surface area contributed by atoms with E-state index < -0.39 is 11.6 Å². The van der Waals surface area contributed by atoms with Gasteiger partial charge in [0.15, 0.2) is 11.6 Å². The Bertz CT molecular complexity index is 638. The summed E-state index contributed by atoms with van der Waals surface area (Å²) in [5.74, 6) is -0.278. The lowest BCUT2D eigenvalue weighted by Gasteiger charge is -2.37. The highest BCUT2D eigenvalue weighted by Gasteiger charge is 2.30. The van der Waals surface area contributed by atoms with Gasteiger partial charge in [0.25, 0.3) is 0 Å². The summed E-state index contributed by atoms with van der Waals surface area (Å²) in [6.45, 7) is 0. The summed E-state index contributed by atoms with van der Waals surface area (Å²) >= 11 is 0. The zero-order valence-electron chi connectivity index (χ0n) is 11.8. The molecule has 2 aromatic rings. The second-order valence-electron chi connectivity index (χ2n) is 5.42. The number of ether oxygens (including phenoxy) is 1. The van der Waals surface area contributed by atoms with Crippen LogP contribution in [0.5, 0.6) is 5.75 Å². The molecule has 0 amide bonds. The minimum Gasteiger partial charge on any atom is -0.497 e. The number of halogens is 2. The van der Waals surface area contributed by atoms with Crippen LogP contribution >= 0.6 is 0 Å². The second-order valence-corrected chi connectivity index (χ2v) is 5.42. The standard InChI is InChI=1S/C17H17F2NO/c1-21-15-4-2-3-11(9-15)12-7-14(8-12)20-13-5-6-16(18)17(19)10-13/h2-6,9-10,12,14,20H,7-8H2,1H3. The van der Waals surface area contributed by atoms with Crippen molar-refractivity contribution >= 4 is 5.69 Å². The van der Waals surface area contributed by atoms with E-state index in [9.17, 15) is 8.78 Å². The molecular weight excluding hydrogens is 272 g/mol. The number of anilines is 1. The molecule has 0 bridgehead atoms. The lowest BCUT2D eigenvalue weighted by atomic mass is 9.76. The van der Waals surface area contributed by atoms with Crippen molar-refractivity contribution in [3.63, 3.8) is 0 Å². The van der Waals surface area contributed by atoms with E-state index in [1.165, 1.54) is 11.6 Å². The van der Waals surface area contributed by atoms with Crippen molar-refractivity contribution in [1.82, 2.24) is 0 Å². The fourth-order valence-corrected chi connectivity index (χ4v) is 2.72. The first-order chi connectivity index (χ1) is 10.2. The molecule has 0 spiro atoms. The van der Waals surface area contributed by atoms with Crippen LogP contribution in [0.3, 0.4) is 0 Å². The molecule has 3 rings (SSSR count). The molecule has 0 heterocycles. The number of hydrogen-bond donors (Lipinski definition) is 1. The van der Waals surface area contributed by atoms with Crippen molar-refractivity contribution < 1.29 is 13.5 Å². The summed E-state index contributed by atoms with van der Waals surface area (Å²) in [6.07, 6.45) is 1.96. The summed E-state index contributed by atoms with van der Waals surface area (Å²) in [4.78, 5) is 0. The topological polar surface area (TPSA) is 21.3 Å². The third kappa shape index (κ3) is 2.99. The lowest BCUT2D eigenvalue weighted by molar-refractivity contribution is 0.370. The molecule has 1 saturated carbocycles. The Balaban J connectivity index is 1.59. The fraction of sp³-hybridized carbons (Fsp3) is 0.294. The van der Waals surface area contributed by atoms with Crippen LogP contribution in [0.1, 0.15) is 24.3 Å². The molecule has 2 nitrogen and oxygen atoms in total. The highest BCUT2D eigenvalue weighted by Crippen LogP contribution is 2.39. The van der Waals surface area contributed by atoms with Crippen LogP contribution in [0.15, 0.2) is 42.5 Å². The van der Waals surface area contributed by atoms with Crippen molar-refractivity contribution in [2.45, 2.75) is 24.8 Å². The predicted molar refractivity (Wildman–Crippen MR) is 78.7 cm³/mol. The van der Waals surface area contributed by atoms with E-state index in [1.807, 2.05) is 12.1 Å². The third-order valence-corrected chi connectivity index (χ3v) is 3.99. The first-order valence-electron chi connectivity index (χ1n) is 7.01. The summed E-state index contributed by atoms with van der Waals surface area (Å²) in [6, 6.07) is 12.3. The minimum absolute atomic E-state index is 0.297. The third-order valence-electron chi connectivity index (χ3n) is 3.99. The van der Waals surface area contributed by atoms with E-state index >= 15 is 0 Å². The van der Waals surface area contributed by atoms with E-state index in [0.29, 0.717) is 17.6 Å². The number of methoxy groups -OCH3 is 1. The van der Waals surface area contributed by atoms with Gasteiger partial charge in [0, 0.05) is 17.8 Å². The molecule has 1 aliphatic carbocycles. The minimum atomic E-state index is -0.816. The van der Waals surface area contributed by atoms with Gasteiger partial charge >= 0.3 is 0 Å². The summed E-state index contributed by atoms with van der Waals surface area (Å²) in [5.41, 5.74) is 1.89. The molecule has 0 radical (unpaired) electrons. The van der Waals surface area contributed by atoms with Crippen molar-refractivity contribution in [2.75, 3.05) is 12.4 Å². The van der Waals surface area contributed by atoms with Gasteiger partial charge in [-0.3, -0.25) is 0 Å². The van der Waals surface area contributed by atoms with Crippen LogP contribution in [0.4, 0.5) is 14.5 Å². The molecule has 0 aliphatic heterocycles. The van der Waals surface area contributed by atoms with Gasteiger partial charge in [-0.15, -0.1) is 0 Å². The Morgan fingerprint density at radius 2 is 1.86 bits per heavy atom. The molecule has 1 fully saturated rings. The Morgan fingerprint density at radius 1 is 1.05 bits per heavy atom. The maximum atomic E-state index is 13.1. The van der Waals surface area contributed by atoms with Crippen molar-refractivity contribution in [3.8, 4) is 5.75 Å². The van der Waals surface area contributed by atoms with Gasteiger partial charge in [-0.25, -0.2) is 8.78 Å². The molecule has 21 heavy (non-hydrogen) atoms. The summed E-state index contributed by atoms with van der Waals surface area (Å²) in [7, 11) is 1.66. The average Bonchev–Trinajstić information content (AvgIpc) is 2.46. The van der Waals surface area contributed by atoms with Crippen LogP contribution in [0.25, 0.3) is 0 Å². The summed E-state index contributed by atoms with van der Waals surface area (Å²) < 4.78 is 31.2. The molecular formula is C17H17F2NO. The van der Waals surface area contributed by atoms with Crippen molar-refractivity contribution in [1.29, 1.82) is 0 Å². The van der Waals surface area contributed by atoms with E-state index in [4.69, 9.17) is 4.74 Å². The quantitative estimate of drug-likeness (QED) is 0.904. The molecule has 0 saturated heterocycles. The molecule has 1 N–H and O–H groups in total. The molecule has 1 aliphatic rings. The summed E-state index contributed by atoms with van der Waals surface area (Å²) in [5, 5.41) is 3.24. The SMILES string of the molecule is COc1cccc(C2CC(Nc3ccc(F)c(F)c3)C2)c1. The highest BCUT2D eigenvalue weighted by molar-refractivity contribution is 5.45. The second kappa shape index (κ2) is 5.72. The van der Waals surface area contributed by atoms with Crippen molar-refractivity contribution in [2.24, 2.45) is 0 Å². The van der Waals surface area contributed by atoms with Crippen LogP contribution in [0.2, 0.25) is 0 Å². The Kier molecular flexibility index (Phi) is 3.78. The van der Waals surface area contributed by atoms with Gasteiger partial charge in [0.1, 0.15) is 5.75 Å². The van der Waals surface area contributed by atoms with Crippen LogP contribution in [0, 0.1) is 11.6 Å². The molecule has 0 unspecified atom stereocenters. The van der Waals surface area contributed by atoms with Gasteiger partial charge in [-0.2, -0.15) is 0 Å². The predicted octanol–water partition coefficient (Wildman–Crippen LogP) is 4.33. The van der Waals surface area contributed by atoms with E-state index in [2.05, 4.69) is 17.4 Å². The molecule has 2 aromatic carbocycles. The fourth-order valence-electron chi connectivity index (χ4n) is 2.72. The lowest BCUT2D eigenvalue weighted by Crippen LogP contribution is -2.34. The number of rotatable bonds is 4. The Labute approximate surface area is 122 Å². The average molecular weight is 289 g/mol. The smallest absolute Gasteiger partial charge is 0.160 e. The molecule has 110 valence electrons. The number of benzene rings is 2. The van der Waals surface area contributed by atoms with Gasteiger partial charge in [0.05, 0.1) is 7.11 Å². The largest absolute Gasteiger partial charge is 0.497 e. The zero-order chi connectivity index (χ0) is 14.8. The molecule has 4 heteroatoms. The maximum absolute atomic E-state index is 13.1. The Morgan fingerprint density at radius 3 is 2.57 bits per heavy atom. The highest BCUT2D eigenvalue weighted by atomic mass is 19.2. The Hall–Kier alpha value is -2.10. The van der Waals surface area contributed by atoms with Crippen LogP contribution in [-0.2, 0) is 0 Å². The van der Waals surface area contributed by atoms with E-state index in [0.717, 1.165) is 24.7 Å². The van der Waals surface area contributed by atoms with Gasteiger partial charge in [0.2, 0.25) is 0 Å². The number of nitrogens with one attached hydrogen (secondary N) is 1. The molecule has 0 aromatic heterocycles. The maximum Gasteiger partial charge on any atom is 0.160 e.